The van der Waals surface area contributed by atoms with Crippen LogP contribution >= 0.6 is 0 Å². The molecule has 6 nitrogen and oxygen atoms in total. The molecule has 17 heavy (non-hydrogen) atoms. The standard InChI is InChI=1S/C11H7NO5/c13-9-6-2-1-5(10(14)15)3-8(6)12-4-7(9)11(16)17/h1-4,6H,(H,14,15)(H,16,17). The van der Waals surface area contributed by atoms with Gasteiger partial charge in [0, 0.05) is 6.20 Å². The van der Waals surface area contributed by atoms with Gasteiger partial charge in [-0.1, -0.05) is 12.2 Å². The minimum Gasteiger partial charge on any atom is -0.478 e. The molecule has 0 bridgehead atoms. The smallest absolute Gasteiger partial charge is 0.340 e. The first-order valence-corrected chi connectivity index (χ1v) is 4.69. The fourth-order valence-corrected chi connectivity index (χ4v) is 1.60. The van der Waals surface area contributed by atoms with Crippen LogP contribution in [0.4, 0.5) is 0 Å². The molecule has 0 spiro atoms. The molecule has 1 heterocycles. The SMILES string of the molecule is O=C(O)C1=CC2=NC=C(C(=O)O)C(=O)C2C=C1. The van der Waals surface area contributed by atoms with Crippen molar-refractivity contribution < 1.29 is 24.6 Å². The molecule has 2 rings (SSSR count). The number of allylic oxidation sites excluding steroid dienone is 2. The third-order valence-electron chi connectivity index (χ3n) is 2.46. The molecule has 2 aliphatic rings. The molecule has 1 aliphatic carbocycles. The van der Waals surface area contributed by atoms with Crippen LogP contribution < -0.4 is 0 Å². The van der Waals surface area contributed by atoms with Crippen molar-refractivity contribution in [1.82, 2.24) is 0 Å². The first kappa shape index (κ1) is 11.0. The van der Waals surface area contributed by atoms with Crippen molar-refractivity contribution >= 4 is 23.4 Å². The highest BCUT2D eigenvalue weighted by Crippen LogP contribution is 2.22. The molecule has 0 radical (unpaired) electrons. The number of carbonyl (C=O) groups is 3. The van der Waals surface area contributed by atoms with Crippen LogP contribution in [-0.4, -0.2) is 33.6 Å². The fourth-order valence-electron chi connectivity index (χ4n) is 1.60. The molecule has 2 N–H and O–H groups in total. The number of ketones is 1. The number of aliphatic imine (C=N–C) groups is 1. The molecule has 0 aromatic carbocycles. The average molecular weight is 233 g/mol. The third-order valence-corrected chi connectivity index (χ3v) is 2.46. The van der Waals surface area contributed by atoms with Crippen molar-refractivity contribution in [3.05, 3.63) is 35.6 Å². The summed E-state index contributed by atoms with van der Waals surface area (Å²) in [7, 11) is 0. The summed E-state index contributed by atoms with van der Waals surface area (Å²) in [4.78, 5) is 37.0. The van der Waals surface area contributed by atoms with Crippen LogP contribution in [0.25, 0.3) is 0 Å². The van der Waals surface area contributed by atoms with Crippen molar-refractivity contribution in [3.8, 4) is 0 Å². The minimum absolute atomic E-state index is 0.0139. The maximum absolute atomic E-state index is 11.7. The zero-order chi connectivity index (χ0) is 12.6. The number of Topliss-reactive ketones (excluding diaryl/α,β-unsaturated/α-hetero) is 1. The Morgan fingerprint density at radius 2 is 1.94 bits per heavy atom. The topological polar surface area (TPSA) is 104 Å². The van der Waals surface area contributed by atoms with Crippen molar-refractivity contribution in [1.29, 1.82) is 0 Å². The molecular formula is C11H7NO5. The fraction of sp³-hybridized carbons (Fsp3) is 0.0909. The van der Waals surface area contributed by atoms with Crippen molar-refractivity contribution in [2.45, 2.75) is 0 Å². The summed E-state index contributed by atoms with van der Waals surface area (Å²) in [6, 6.07) is 0. The molecule has 1 atom stereocenters. The first-order valence-electron chi connectivity index (χ1n) is 4.69. The van der Waals surface area contributed by atoms with E-state index in [9.17, 15) is 14.4 Å². The second-order valence-corrected chi connectivity index (χ2v) is 3.51. The Hall–Kier alpha value is -2.50. The largest absolute Gasteiger partial charge is 0.478 e. The predicted molar refractivity (Wildman–Crippen MR) is 56.5 cm³/mol. The summed E-state index contributed by atoms with van der Waals surface area (Å²) in [5.41, 5.74) is -0.129. The van der Waals surface area contributed by atoms with Crippen LogP contribution in [0, 0.1) is 5.92 Å². The van der Waals surface area contributed by atoms with Crippen molar-refractivity contribution in [2.75, 3.05) is 0 Å². The Morgan fingerprint density at radius 1 is 1.24 bits per heavy atom. The van der Waals surface area contributed by atoms with Gasteiger partial charge in [0.25, 0.3) is 0 Å². The third kappa shape index (κ3) is 1.80. The van der Waals surface area contributed by atoms with Crippen LogP contribution in [0.5, 0.6) is 0 Å². The van der Waals surface area contributed by atoms with Gasteiger partial charge < -0.3 is 10.2 Å². The van der Waals surface area contributed by atoms with Gasteiger partial charge in [-0.3, -0.25) is 9.79 Å². The monoisotopic (exact) mass is 233 g/mol. The van der Waals surface area contributed by atoms with E-state index in [4.69, 9.17) is 10.2 Å². The number of aliphatic carboxylic acids is 2. The van der Waals surface area contributed by atoms with Crippen molar-refractivity contribution in [3.63, 3.8) is 0 Å². The highest BCUT2D eigenvalue weighted by atomic mass is 16.4. The Kier molecular flexibility index (Phi) is 2.47. The van der Waals surface area contributed by atoms with E-state index in [0.717, 1.165) is 6.20 Å². The first-order chi connectivity index (χ1) is 8.00. The van der Waals surface area contributed by atoms with E-state index in [1.165, 1.54) is 18.2 Å². The van der Waals surface area contributed by atoms with Crippen LogP contribution in [0.3, 0.4) is 0 Å². The van der Waals surface area contributed by atoms with E-state index in [2.05, 4.69) is 4.99 Å². The van der Waals surface area contributed by atoms with Gasteiger partial charge >= 0.3 is 11.9 Å². The number of carbonyl (C=O) groups excluding carboxylic acids is 1. The molecule has 1 aliphatic heterocycles. The van der Waals surface area contributed by atoms with E-state index in [1.807, 2.05) is 0 Å². The lowest BCUT2D eigenvalue weighted by atomic mass is 9.86. The van der Waals surface area contributed by atoms with E-state index < -0.39 is 29.2 Å². The van der Waals surface area contributed by atoms with E-state index >= 15 is 0 Å². The summed E-state index contributed by atoms with van der Waals surface area (Å²) >= 11 is 0. The van der Waals surface area contributed by atoms with E-state index in [0.29, 0.717) is 0 Å². The van der Waals surface area contributed by atoms with Gasteiger partial charge in [-0.15, -0.1) is 0 Å². The van der Waals surface area contributed by atoms with Crippen LogP contribution in [-0.2, 0) is 14.4 Å². The molecule has 0 fully saturated rings. The minimum atomic E-state index is -1.33. The molecule has 0 saturated heterocycles. The van der Waals surface area contributed by atoms with Gasteiger partial charge in [0.05, 0.1) is 17.2 Å². The van der Waals surface area contributed by atoms with Gasteiger partial charge in [0.2, 0.25) is 0 Å². The van der Waals surface area contributed by atoms with E-state index in [-0.39, 0.29) is 11.3 Å². The molecule has 0 aromatic heterocycles. The Bertz CT molecular complexity index is 550. The Balaban J connectivity index is 2.43. The predicted octanol–water partition coefficient (Wildman–Crippen LogP) is 0.176. The molecule has 0 saturated carbocycles. The summed E-state index contributed by atoms with van der Waals surface area (Å²) < 4.78 is 0. The number of fused-ring (bicyclic) bond motifs is 1. The van der Waals surface area contributed by atoms with Gasteiger partial charge in [-0.05, 0) is 6.08 Å². The van der Waals surface area contributed by atoms with Crippen LogP contribution in [0.2, 0.25) is 0 Å². The number of carboxylic acid groups (broad SMARTS) is 2. The quantitative estimate of drug-likeness (QED) is 0.662. The molecule has 0 aromatic rings. The van der Waals surface area contributed by atoms with Crippen LogP contribution in [0.15, 0.2) is 40.6 Å². The van der Waals surface area contributed by atoms with E-state index in [1.54, 1.807) is 0 Å². The maximum Gasteiger partial charge on any atom is 0.340 e. The number of nitrogens with zero attached hydrogens (tertiary/aromatic N) is 1. The lowest BCUT2D eigenvalue weighted by Gasteiger charge is -2.19. The molecule has 1 unspecified atom stereocenters. The summed E-state index contributed by atoms with van der Waals surface area (Å²) in [6.45, 7) is 0. The lowest BCUT2D eigenvalue weighted by Crippen LogP contribution is -2.30. The average Bonchev–Trinajstić information content (AvgIpc) is 2.28. The molecule has 6 heteroatoms. The van der Waals surface area contributed by atoms with Gasteiger partial charge in [0.15, 0.2) is 5.78 Å². The number of rotatable bonds is 2. The zero-order valence-corrected chi connectivity index (χ0v) is 8.45. The Morgan fingerprint density at radius 3 is 2.53 bits per heavy atom. The van der Waals surface area contributed by atoms with Crippen LogP contribution in [0.1, 0.15) is 0 Å². The van der Waals surface area contributed by atoms with Gasteiger partial charge in [0.1, 0.15) is 5.57 Å². The molecule has 86 valence electrons. The summed E-state index contributed by atoms with van der Waals surface area (Å²) in [5.74, 6) is -3.84. The number of hydrogen-bond acceptors (Lipinski definition) is 4. The highest BCUT2D eigenvalue weighted by Gasteiger charge is 2.32. The summed E-state index contributed by atoms with van der Waals surface area (Å²) in [5, 5.41) is 17.5. The summed E-state index contributed by atoms with van der Waals surface area (Å²) in [6.07, 6.45) is 4.83. The van der Waals surface area contributed by atoms with Crippen molar-refractivity contribution in [2.24, 2.45) is 10.9 Å². The second-order valence-electron chi connectivity index (χ2n) is 3.51. The highest BCUT2D eigenvalue weighted by molar-refractivity contribution is 6.28. The zero-order valence-electron chi connectivity index (χ0n) is 8.45. The molecular weight excluding hydrogens is 226 g/mol. The van der Waals surface area contributed by atoms with Gasteiger partial charge in [-0.25, -0.2) is 9.59 Å². The lowest BCUT2D eigenvalue weighted by molar-refractivity contribution is -0.135. The Labute approximate surface area is 95.3 Å². The normalized spacial score (nSPS) is 22.2. The number of carboxylic acids is 2. The maximum atomic E-state index is 11.7. The van der Waals surface area contributed by atoms with Gasteiger partial charge in [-0.2, -0.15) is 0 Å². The number of hydrogen-bond donors (Lipinski definition) is 2. The molecule has 0 amide bonds. The second kappa shape index (κ2) is 3.82.